The molecular weight excluding hydrogens is 282 g/mol. The summed E-state index contributed by atoms with van der Waals surface area (Å²) in [6.45, 7) is 8.44. The molecule has 0 radical (unpaired) electrons. The highest BCUT2D eigenvalue weighted by molar-refractivity contribution is 5.76. The highest BCUT2D eigenvalue weighted by atomic mass is 16.6. The summed E-state index contributed by atoms with van der Waals surface area (Å²) in [5, 5.41) is 10.6. The van der Waals surface area contributed by atoms with Crippen molar-refractivity contribution in [3.8, 4) is 0 Å². The van der Waals surface area contributed by atoms with Crippen LogP contribution in [0.3, 0.4) is 0 Å². The Morgan fingerprint density at radius 2 is 1.86 bits per heavy atom. The lowest BCUT2D eigenvalue weighted by atomic mass is 10.1. The number of nitro benzene ring substituents is 1. The van der Waals surface area contributed by atoms with E-state index in [1.54, 1.807) is 12.1 Å². The molecule has 0 aromatic heterocycles. The SMILES string of the molecule is CC(C)CC(=O)N1CC[NH+](Cc2ccc([N+](=O)[O-])cc2)CC1. The molecule has 0 bridgehead atoms. The normalized spacial score (nSPS) is 16.0. The van der Waals surface area contributed by atoms with Gasteiger partial charge in [0.1, 0.15) is 6.54 Å². The first-order chi connectivity index (χ1) is 10.5. The van der Waals surface area contributed by atoms with Crippen molar-refractivity contribution in [2.24, 2.45) is 5.92 Å². The lowest BCUT2D eigenvalue weighted by molar-refractivity contribution is -0.917. The van der Waals surface area contributed by atoms with Crippen molar-refractivity contribution in [3.63, 3.8) is 0 Å². The standard InChI is InChI=1S/C16H23N3O3/c1-13(2)11-16(20)18-9-7-17(8-10-18)12-14-3-5-15(6-4-14)19(21)22/h3-6,13H,7-12H2,1-2H3/p+1. The zero-order chi connectivity index (χ0) is 16.1. The van der Waals surface area contributed by atoms with E-state index in [0.29, 0.717) is 12.3 Å². The maximum atomic E-state index is 12.0. The second-order valence-corrected chi connectivity index (χ2v) is 6.33. The summed E-state index contributed by atoms with van der Waals surface area (Å²) in [6.07, 6.45) is 0.623. The minimum absolute atomic E-state index is 0.128. The van der Waals surface area contributed by atoms with E-state index in [1.165, 1.54) is 4.90 Å². The Labute approximate surface area is 130 Å². The molecule has 0 atom stereocenters. The van der Waals surface area contributed by atoms with E-state index in [0.717, 1.165) is 38.3 Å². The van der Waals surface area contributed by atoms with Gasteiger partial charge in [-0.05, 0) is 18.1 Å². The second-order valence-electron chi connectivity index (χ2n) is 6.33. The predicted molar refractivity (Wildman–Crippen MR) is 83.5 cm³/mol. The smallest absolute Gasteiger partial charge is 0.269 e. The maximum absolute atomic E-state index is 12.0. The Kier molecular flexibility index (Phi) is 5.49. The molecular formula is C16H24N3O3+. The summed E-state index contributed by atoms with van der Waals surface area (Å²) in [4.78, 5) is 25.7. The fraction of sp³-hybridized carbons (Fsp3) is 0.562. The molecule has 0 unspecified atom stereocenters. The molecule has 6 nitrogen and oxygen atoms in total. The monoisotopic (exact) mass is 306 g/mol. The van der Waals surface area contributed by atoms with Crippen LogP contribution in [0, 0.1) is 16.0 Å². The molecule has 22 heavy (non-hydrogen) atoms. The Morgan fingerprint density at radius 3 is 2.36 bits per heavy atom. The highest BCUT2D eigenvalue weighted by Crippen LogP contribution is 2.11. The van der Waals surface area contributed by atoms with E-state index in [-0.39, 0.29) is 16.5 Å². The summed E-state index contributed by atoms with van der Waals surface area (Å²) < 4.78 is 0. The molecule has 0 saturated carbocycles. The molecule has 1 fully saturated rings. The molecule has 1 saturated heterocycles. The van der Waals surface area contributed by atoms with Crippen molar-refractivity contribution in [1.82, 2.24) is 4.90 Å². The van der Waals surface area contributed by atoms with Crippen molar-refractivity contribution in [2.45, 2.75) is 26.8 Å². The van der Waals surface area contributed by atoms with E-state index >= 15 is 0 Å². The van der Waals surface area contributed by atoms with Crippen LogP contribution >= 0.6 is 0 Å². The summed E-state index contributed by atoms with van der Waals surface area (Å²) in [6, 6.07) is 6.75. The summed E-state index contributed by atoms with van der Waals surface area (Å²) in [5.41, 5.74) is 1.23. The molecule has 2 rings (SSSR count). The number of quaternary nitrogens is 1. The largest absolute Gasteiger partial charge is 0.331 e. The molecule has 6 heteroatoms. The van der Waals surface area contributed by atoms with E-state index < -0.39 is 0 Å². The van der Waals surface area contributed by atoms with Gasteiger partial charge in [0.2, 0.25) is 5.91 Å². The number of nitro groups is 1. The zero-order valence-electron chi connectivity index (χ0n) is 13.2. The summed E-state index contributed by atoms with van der Waals surface area (Å²) in [5.74, 6) is 0.655. The number of nitrogens with one attached hydrogen (secondary N) is 1. The van der Waals surface area contributed by atoms with Crippen LogP contribution < -0.4 is 4.90 Å². The molecule has 1 N–H and O–H groups in total. The number of piperazine rings is 1. The van der Waals surface area contributed by atoms with Gasteiger partial charge in [-0.2, -0.15) is 0 Å². The molecule has 1 aliphatic heterocycles. The fourth-order valence-electron chi connectivity index (χ4n) is 2.75. The van der Waals surface area contributed by atoms with Crippen LogP contribution in [0.2, 0.25) is 0 Å². The van der Waals surface area contributed by atoms with Crippen LogP contribution in [0.1, 0.15) is 25.8 Å². The Morgan fingerprint density at radius 1 is 1.27 bits per heavy atom. The van der Waals surface area contributed by atoms with Gasteiger partial charge in [0.05, 0.1) is 31.1 Å². The average Bonchev–Trinajstić information content (AvgIpc) is 2.48. The van der Waals surface area contributed by atoms with Gasteiger partial charge in [0.15, 0.2) is 0 Å². The van der Waals surface area contributed by atoms with Crippen molar-refractivity contribution in [1.29, 1.82) is 0 Å². The van der Waals surface area contributed by atoms with Gasteiger partial charge < -0.3 is 9.80 Å². The third-order valence-corrected chi connectivity index (χ3v) is 4.01. The highest BCUT2D eigenvalue weighted by Gasteiger charge is 2.24. The number of hydrogen-bond donors (Lipinski definition) is 1. The number of amides is 1. The quantitative estimate of drug-likeness (QED) is 0.648. The third-order valence-electron chi connectivity index (χ3n) is 4.01. The van der Waals surface area contributed by atoms with Gasteiger partial charge in [-0.1, -0.05) is 13.8 Å². The van der Waals surface area contributed by atoms with Crippen LogP contribution in [-0.4, -0.2) is 41.9 Å². The number of hydrogen-bond acceptors (Lipinski definition) is 3. The van der Waals surface area contributed by atoms with Crippen LogP contribution in [0.4, 0.5) is 5.69 Å². The first-order valence-electron chi connectivity index (χ1n) is 7.80. The molecule has 0 spiro atoms. The van der Waals surface area contributed by atoms with Crippen LogP contribution in [0.25, 0.3) is 0 Å². The predicted octanol–water partition coefficient (Wildman–Crippen LogP) is 0.868. The maximum Gasteiger partial charge on any atom is 0.269 e. The number of non-ortho nitro benzene ring substituents is 1. The van der Waals surface area contributed by atoms with Gasteiger partial charge in [0, 0.05) is 24.1 Å². The number of nitrogens with zero attached hydrogens (tertiary/aromatic N) is 2. The van der Waals surface area contributed by atoms with E-state index in [1.807, 2.05) is 17.0 Å². The van der Waals surface area contributed by atoms with Crippen LogP contribution in [0.5, 0.6) is 0 Å². The number of carbonyl (C=O) groups is 1. The first-order valence-corrected chi connectivity index (χ1v) is 7.80. The zero-order valence-corrected chi connectivity index (χ0v) is 13.2. The number of benzene rings is 1. The van der Waals surface area contributed by atoms with Crippen LogP contribution in [-0.2, 0) is 11.3 Å². The van der Waals surface area contributed by atoms with Crippen molar-refractivity contribution >= 4 is 11.6 Å². The minimum atomic E-state index is -0.379. The van der Waals surface area contributed by atoms with Crippen molar-refractivity contribution in [3.05, 3.63) is 39.9 Å². The second kappa shape index (κ2) is 7.35. The van der Waals surface area contributed by atoms with Gasteiger partial charge >= 0.3 is 0 Å². The first kappa shape index (κ1) is 16.4. The van der Waals surface area contributed by atoms with Crippen LogP contribution in [0.15, 0.2) is 24.3 Å². The summed E-state index contributed by atoms with van der Waals surface area (Å²) in [7, 11) is 0. The third kappa shape index (κ3) is 4.53. The van der Waals surface area contributed by atoms with Crippen molar-refractivity contribution in [2.75, 3.05) is 26.2 Å². The minimum Gasteiger partial charge on any atom is -0.331 e. The Balaban J connectivity index is 1.82. The number of rotatable bonds is 5. The van der Waals surface area contributed by atoms with Gasteiger partial charge in [-0.3, -0.25) is 14.9 Å². The lowest BCUT2D eigenvalue weighted by Crippen LogP contribution is -3.13. The number of carbonyl (C=O) groups excluding carboxylic acids is 1. The molecule has 1 amide bonds. The molecule has 1 heterocycles. The fourth-order valence-corrected chi connectivity index (χ4v) is 2.75. The van der Waals surface area contributed by atoms with E-state index in [4.69, 9.17) is 0 Å². The van der Waals surface area contributed by atoms with Gasteiger partial charge in [-0.25, -0.2) is 0 Å². The molecule has 0 aliphatic carbocycles. The Bertz CT molecular complexity index is 520. The molecule has 1 aromatic carbocycles. The molecule has 120 valence electrons. The van der Waals surface area contributed by atoms with Gasteiger partial charge in [0.25, 0.3) is 5.69 Å². The van der Waals surface area contributed by atoms with E-state index in [9.17, 15) is 14.9 Å². The van der Waals surface area contributed by atoms with Crippen molar-refractivity contribution < 1.29 is 14.6 Å². The molecule has 1 aromatic rings. The average molecular weight is 306 g/mol. The topological polar surface area (TPSA) is 67.9 Å². The van der Waals surface area contributed by atoms with E-state index in [2.05, 4.69) is 13.8 Å². The summed E-state index contributed by atoms with van der Waals surface area (Å²) >= 11 is 0. The lowest BCUT2D eigenvalue weighted by Gasteiger charge is -2.32. The van der Waals surface area contributed by atoms with Gasteiger partial charge in [-0.15, -0.1) is 0 Å². The molecule has 1 aliphatic rings. The Hall–Kier alpha value is -1.95.